The maximum atomic E-state index is 13.3. The predicted molar refractivity (Wildman–Crippen MR) is 184 cm³/mol. The van der Waals surface area contributed by atoms with Gasteiger partial charge in [-0.1, -0.05) is 42.5 Å². The highest BCUT2D eigenvalue weighted by molar-refractivity contribution is 5.85. The first-order valence-corrected chi connectivity index (χ1v) is 15.8. The van der Waals surface area contributed by atoms with Crippen molar-refractivity contribution in [3.63, 3.8) is 0 Å². The molecule has 11 heteroatoms. The van der Waals surface area contributed by atoms with E-state index in [1.165, 1.54) is 0 Å². The zero-order chi connectivity index (χ0) is 33.5. The number of methoxy groups -OCH3 is 1. The van der Waals surface area contributed by atoms with Crippen LogP contribution >= 0.6 is 0 Å². The molecule has 0 aliphatic rings. The third-order valence-corrected chi connectivity index (χ3v) is 8.28. The highest BCUT2D eigenvalue weighted by Crippen LogP contribution is 2.29. The molecule has 0 aliphatic carbocycles. The van der Waals surface area contributed by atoms with Crippen LogP contribution in [0.3, 0.4) is 0 Å². The zero-order valence-corrected chi connectivity index (χ0v) is 26.7. The van der Waals surface area contributed by atoms with Crippen molar-refractivity contribution >= 4 is 22.8 Å². The monoisotopic (exact) mass is 642 g/mol. The molecule has 3 heterocycles. The fourth-order valence-electron chi connectivity index (χ4n) is 5.82. The molecule has 0 saturated carbocycles. The minimum atomic E-state index is -0.829. The Morgan fingerprint density at radius 1 is 0.958 bits per heavy atom. The van der Waals surface area contributed by atoms with E-state index in [4.69, 9.17) is 21.2 Å². The molecule has 1 unspecified atom stereocenters. The van der Waals surface area contributed by atoms with E-state index < -0.39 is 18.0 Å². The van der Waals surface area contributed by atoms with Gasteiger partial charge in [-0.05, 0) is 65.6 Å². The number of carbonyl (C=O) groups excluding carboxylic acids is 2. The van der Waals surface area contributed by atoms with Gasteiger partial charge in [0.25, 0.3) is 0 Å². The molecule has 0 spiro atoms. The average molecular weight is 643 g/mol. The number of carbonyl (C=O) groups is 2. The normalized spacial score (nSPS) is 12.5. The summed E-state index contributed by atoms with van der Waals surface area (Å²) in [5, 5.41) is 2.96. The van der Waals surface area contributed by atoms with Crippen molar-refractivity contribution in [1.82, 2.24) is 29.4 Å². The lowest BCUT2D eigenvalue weighted by molar-refractivity contribution is -0.123. The fraction of sp³-hybridized carbons (Fsp3) is 0.216. The lowest BCUT2D eigenvalue weighted by atomic mass is 10.0. The standard InChI is InChI=1S/C37H38N8O3/c1-48-30-11-8-25(9-12-30)20-31(38)37(47)43-32(22-35(39)46)27-10-13-34-33(21-27)42-36(45(34)17-14-29-7-2-3-15-41-29)28-6-4-5-26(19-28)23-44-18-16-40-24-44/h2-13,15-16,18-19,21,24,31-32H,14,17,20,22-23,38H2,1H3,(H2,39,46)(H,43,47)/t31-,32?/m1/s1. The lowest BCUT2D eigenvalue weighted by Gasteiger charge is -2.21. The van der Waals surface area contributed by atoms with Gasteiger partial charge in [0, 0.05) is 49.4 Å². The summed E-state index contributed by atoms with van der Waals surface area (Å²) in [6.45, 7) is 1.33. The van der Waals surface area contributed by atoms with Crippen molar-refractivity contribution < 1.29 is 14.3 Å². The van der Waals surface area contributed by atoms with E-state index in [0.717, 1.165) is 45.0 Å². The molecule has 3 aromatic heterocycles. The molecule has 11 nitrogen and oxygen atoms in total. The number of aryl methyl sites for hydroxylation is 2. The summed E-state index contributed by atoms with van der Waals surface area (Å²) >= 11 is 0. The minimum absolute atomic E-state index is 0.0873. The Hall–Kier alpha value is -5.81. The van der Waals surface area contributed by atoms with E-state index >= 15 is 0 Å². The van der Waals surface area contributed by atoms with Crippen LogP contribution < -0.4 is 21.5 Å². The van der Waals surface area contributed by atoms with Crippen LogP contribution in [0.15, 0.2) is 110 Å². The second-order valence-electron chi connectivity index (χ2n) is 11.7. The number of nitrogens with two attached hydrogens (primary N) is 2. The second-order valence-corrected chi connectivity index (χ2v) is 11.7. The number of nitrogens with one attached hydrogen (secondary N) is 1. The average Bonchev–Trinajstić information content (AvgIpc) is 3.75. The third-order valence-electron chi connectivity index (χ3n) is 8.28. The first kappa shape index (κ1) is 32.1. The van der Waals surface area contributed by atoms with Crippen LogP contribution in [-0.4, -0.2) is 49.1 Å². The molecular weight excluding hydrogens is 604 g/mol. The summed E-state index contributed by atoms with van der Waals surface area (Å²) in [5.41, 5.74) is 18.3. The number of aromatic nitrogens is 5. The quantitative estimate of drug-likeness (QED) is 0.161. The molecule has 48 heavy (non-hydrogen) atoms. The number of amides is 2. The van der Waals surface area contributed by atoms with E-state index in [2.05, 4.69) is 38.1 Å². The number of nitrogens with zero attached hydrogens (tertiary/aromatic N) is 5. The predicted octanol–water partition coefficient (Wildman–Crippen LogP) is 4.20. The number of rotatable bonds is 14. The smallest absolute Gasteiger partial charge is 0.237 e. The number of hydrogen-bond donors (Lipinski definition) is 3. The van der Waals surface area contributed by atoms with E-state index in [1.807, 2.05) is 77.5 Å². The number of ether oxygens (including phenoxy) is 1. The highest BCUT2D eigenvalue weighted by atomic mass is 16.5. The van der Waals surface area contributed by atoms with Crippen LogP contribution in [0, 0.1) is 0 Å². The Morgan fingerprint density at radius 3 is 2.54 bits per heavy atom. The van der Waals surface area contributed by atoms with Gasteiger partial charge >= 0.3 is 0 Å². The summed E-state index contributed by atoms with van der Waals surface area (Å²) < 4.78 is 9.43. The maximum Gasteiger partial charge on any atom is 0.237 e. The van der Waals surface area contributed by atoms with Crippen molar-refractivity contribution in [2.45, 2.75) is 44.4 Å². The Bertz CT molecular complexity index is 1990. The van der Waals surface area contributed by atoms with Gasteiger partial charge in [0.2, 0.25) is 11.8 Å². The van der Waals surface area contributed by atoms with Crippen LogP contribution in [0.4, 0.5) is 0 Å². The summed E-state index contributed by atoms with van der Waals surface area (Å²) in [6.07, 6.45) is 8.23. The number of primary amides is 1. The number of fused-ring (bicyclic) bond motifs is 1. The van der Waals surface area contributed by atoms with Gasteiger partial charge in [0.1, 0.15) is 11.6 Å². The van der Waals surface area contributed by atoms with E-state index in [1.54, 1.807) is 25.8 Å². The van der Waals surface area contributed by atoms with Gasteiger partial charge in [-0.25, -0.2) is 9.97 Å². The van der Waals surface area contributed by atoms with Crippen LogP contribution in [0.5, 0.6) is 5.75 Å². The van der Waals surface area contributed by atoms with Gasteiger partial charge in [-0.15, -0.1) is 0 Å². The van der Waals surface area contributed by atoms with E-state index in [9.17, 15) is 9.59 Å². The molecule has 0 radical (unpaired) electrons. The molecule has 5 N–H and O–H groups in total. The Balaban J connectivity index is 1.30. The Morgan fingerprint density at radius 2 is 1.81 bits per heavy atom. The molecule has 244 valence electrons. The van der Waals surface area contributed by atoms with Crippen molar-refractivity contribution in [3.05, 3.63) is 132 Å². The molecule has 0 saturated heterocycles. The van der Waals surface area contributed by atoms with Crippen LogP contribution in [0.25, 0.3) is 22.4 Å². The van der Waals surface area contributed by atoms with Crippen molar-refractivity contribution in [2.75, 3.05) is 7.11 Å². The van der Waals surface area contributed by atoms with Gasteiger partial charge in [-0.2, -0.15) is 0 Å². The molecule has 3 aromatic carbocycles. The van der Waals surface area contributed by atoms with Crippen LogP contribution in [-0.2, 0) is 35.5 Å². The van der Waals surface area contributed by atoms with Crippen molar-refractivity contribution in [3.8, 4) is 17.1 Å². The Labute approximate surface area is 278 Å². The van der Waals surface area contributed by atoms with Gasteiger partial charge in [0.05, 0.1) is 43.0 Å². The fourth-order valence-corrected chi connectivity index (χ4v) is 5.82. The minimum Gasteiger partial charge on any atom is -0.497 e. The Kier molecular flexibility index (Phi) is 9.87. The van der Waals surface area contributed by atoms with Crippen molar-refractivity contribution in [2.24, 2.45) is 11.5 Å². The molecule has 0 bridgehead atoms. The first-order chi connectivity index (χ1) is 23.4. The second kappa shape index (κ2) is 14.7. The van der Waals surface area contributed by atoms with Gasteiger partial charge < -0.3 is 30.7 Å². The molecule has 2 amide bonds. The molecule has 6 aromatic rings. The summed E-state index contributed by atoms with van der Waals surface area (Å²) in [5.74, 6) is 0.606. The SMILES string of the molecule is COc1ccc(C[C@@H](N)C(=O)NC(CC(N)=O)c2ccc3c(c2)nc(-c2cccc(Cn4ccnc4)c2)n3CCc2ccccn2)cc1. The number of pyridine rings is 1. The van der Waals surface area contributed by atoms with Gasteiger partial charge in [0.15, 0.2) is 0 Å². The largest absolute Gasteiger partial charge is 0.497 e. The topological polar surface area (TPSA) is 156 Å². The van der Waals surface area contributed by atoms with Crippen LogP contribution in [0.2, 0.25) is 0 Å². The molecule has 0 aliphatic heterocycles. The number of benzene rings is 3. The first-order valence-electron chi connectivity index (χ1n) is 15.8. The summed E-state index contributed by atoms with van der Waals surface area (Å²) in [6, 6.07) is 25.9. The molecule has 6 rings (SSSR count). The van der Waals surface area contributed by atoms with Crippen molar-refractivity contribution in [1.29, 1.82) is 0 Å². The number of imidazole rings is 2. The van der Waals surface area contributed by atoms with Crippen LogP contribution in [0.1, 0.15) is 34.8 Å². The summed E-state index contributed by atoms with van der Waals surface area (Å²) in [7, 11) is 1.60. The zero-order valence-electron chi connectivity index (χ0n) is 26.7. The van der Waals surface area contributed by atoms with E-state index in [-0.39, 0.29) is 12.3 Å². The third kappa shape index (κ3) is 7.76. The maximum absolute atomic E-state index is 13.3. The van der Waals surface area contributed by atoms with E-state index in [0.29, 0.717) is 31.5 Å². The highest BCUT2D eigenvalue weighted by Gasteiger charge is 2.23. The molecule has 0 fully saturated rings. The number of hydrogen-bond acceptors (Lipinski definition) is 7. The van der Waals surface area contributed by atoms with Gasteiger partial charge in [-0.3, -0.25) is 14.6 Å². The molecule has 2 atom stereocenters. The summed E-state index contributed by atoms with van der Waals surface area (Å²) in [4.78, 5) is 39.2. The molecular formula is C37H38N8O3. The lowest BCUT2D eigenvalue weighted by Crippen LogP contribution is -2.44.